The summed E-state index contributed by atoms with van der Waals surface area (Å²) in [7, 11) is 1.72. The van der Waals surface area contributed by atoms with Gasteiger partial charge in [-0.25, -0.2) is 4.98 Å². The van der Waals surface area contributed by atoms with Crippen molar-refractivity contribution >= 4 is 33.4 Å². The van der Waals surface area contributed by atoms with Gasteiger partial charge < -0.3 is 9.64 Å². The topological polar surface area (TPSA) is 59.5 Å². The maximum absolute atomic E-state index is 12.6. The molecule has 3 aromatic rings. The first-order valence-corrected chi connectivity index (χ1v) is 10.2. The Hall–Kier alpha value is -2.73. The van der Waals surface area contributed by atoms with Crippen LogP contribution in [-0.4, -0.2) is 35.4 Å². The van der Waals surface area contributed by atoms with Gasteiger partial charge >= 0.3 is 5.97 Å². The average molecular weight is 394 g/mol. The van der Waals surface area contributed by atoms with Crippen LogP contribution in [0.15, 0.2) is 54.6 Å². The second-order valence-corrected chi connectivity index (χ2v) is 8.29. The van der Waals surface area contributed by atoms with Gasteiger partial charge in [0.25, 0.3) is 5.91 Å². The Morgan fingerprint density at radius 3 is 2.50 bits per heavy atom. The number of para-hydroxylation sites is 1. The fourth-order valence-corrected chi connectivity index (χ4v) is 4.37. The predicted octanol–water partition coefficient (Wildman–Crippen LogP) is 4.09. The number of carbonyl (C=O) groups excluding carboxylic acids is 2. The SMILES string of the molecule is C[C@H](c1nc2ccccc2s1)N(C)C(=O)COC(=O)C1(c2ccccc2)CC1. The van der Waals surface area contributed by atoms with Crippen molar-refractivity contribution in [3.63, 3.8) is 0 Å². The van der Waals surface area contributed by atoms with E-state index in [0.29, 0.717) is 0 Å². The van der Waals surface area contributed by atoms with Crippen LogP contribution in [0.5, 0.6) is 0 Å². The van der Waals surface area contributed by atoms with Crippen LogP contribution in [0, 0.1) is 0 Å². The van der Waals surface area contributed by atoms with Crippen molar-refractivity contribution in [2.75, 3.05) is 13.7 Å². The number of fused-ring (bicyclic) bond motifs is 1. The summed E-state index contributed by atoms with van der Waals surface area (Å²) < 4.78 is 6.50. The molecule has 5 nitrogen and oxygen atoms in total. The van der Waals surface area contributed by atoms with Gasteiger partial charge in [0.1, 0.15) is 5.01 Å². The number of amides is 1. The Morgan fingerprint density at radius 1 is 1.14 bits per heavy atom. The van der Waals surface area contributed by atoms with Crippen molar-refractivity contribution in [3.8, 4) is 0 Å². The van der Waals surface area contributed by atoms with Gasteiger partial charge in [-0.05, 0) is 37.5 Å². The lowest BCUT2D eigenvalue weighted by molar-refractivity contribution is -0.154. The van der Waals surface area contributed by atoms with Gasteiger partial charge in [-0.3, -0.25) is 9.59 Å². The molecule has 4 rings (SSSR count). The molecule has 28 heavy (non-hydrogen) atoms. The Morgan fingerprint density at radius 2 is 1.82 bits per heavy atom. The molecular weight excluding hydrogens is 372 g/mol. The molecule has 2 aromatic carbocycles. The minimum Gasteiger partial charge on any atom is -0.455 e. The molecule has 0 saturated heterocycles. The smallest absolute Gasteiger partial charge is 0.317 e. The first-order chi connectivity index (χ1) is 13.5. The summed E-state index contributed by atoms with van der Waals surface area (Å²) in [6, 6.07) is 17.4. The maximum atomic E-state index is 12.6. The van der Waals surface area contributed by atoms with Gasteiger partial charge in [0.05, 0.1) is 21.7 Å². The molecule has 1 heterocycles. The highest BCUT2D eigenvalue weighted by atomic mass is 32.1. The van der Waals surface area contributed by atoms with E-state index in [4.69, 9.17) is 4.74 Å². The molecule has 1 amide bonds. The van der Waals surface area contributed by atoms with Crippen LogP contribution in [0.25, 0.3) is 10.2 Å². The molecule has 0 unspecified atom stereocenters. The average Bonchev–Trinajstić information content (AvgIpc) is 3.43. The van der Waals surface area contributed by atoms with E-state index in [2.05, 4.69) is 4.98 Å². The number of nitrogens with zero attached hydrogens (tertiary/aromatic N) is 2. The number of esters is 1. The summed E-state index contributed by atoms with van der Waals surface area (Å²) in [6.45, 7) is 1.68. The predicted molar refractivity (Wildman–Crippen MR) is 109 cm³/mol. The van der Waals surface area contributed by atoms with E-state index in [0.717, 1.165) is 33.6 Å². The van der Waals surface area contributed by atoms with Crippen LogP contribution in [0.1, 0.15) is 36.4 Å². The van der Waals surface area contributed by atoms with Crippen LogP contribution in [0.3, 0.4) is 0 Å². The maximum Gasteiger partial charge on any atom is 0.317 e. The molecule has 1 aliphatic carbocycles. The van der Waals surface area contributed by atoms with Gasteiger partial charge in [-0.15, -0.1) is 11.3 Å². The van der Waals surface area contributed by atoms with Crippen molar-refractivity contribution < 1.29 is 14.3 Å². The Labute approximate surface area is 168 Å². The number of aromatic nitrogens is 1. The molecule has 6 heteroatoms. The molecule has 0 bridgehead atoms. The molecule has 1 atom stereocenters. The number of hydrogen-bond donors (Lipinski definition) is 0. The summed E-state index contributed by atoms with van der Waals surface area (Å²) in [4.78, 5) is 31.4. The summed E-state index contributed by atoms with van der Waals surface area (Å²) >= 11 is 1.57. The highest BCUT2D eigenvalue weighted by molar-refractivity contribution is 7.18. The summed E-state index contributed by atoms with van der Waals surface area (Å²) in [5, 5.41) is 0.867. The minimum absolute atomic E-state index is 0.187. The number of ether oxygens (including phenoxy) is 1. The lowest BCUT2D eigenvalue weighted by Crippen LogP contribution is -2.35. The monoisotopic (exact) mass is 394 g/mol. The Balaban J connectivity index is 1.38. The third-order valence-electron chi connectivity index (χ3n) is 5.44. The van der Waals surface area contributed by atoms with E-state index < -0.39 is 5.41 Å². The van der Waals surface area contributed by atoms with Gasteiger partial charge in [-0.1, -0.05) is 42.5 Å². The molecule has 1 aliphatic rings. The second kappa shape index (κ2) is 7.36. The zero-order valence-corrected chi connectivity index (χ0v) is 16.7. The van der Waals surface area contributed by atoms with Crippen molar-refractivity contribution in [2.24, 2.45) is 0 Å². The number of hydrogen-bond acceptors (Lipinski definition) is 5. The van der Waals surface area contributed by atoms with E-state index in [1.165, 1.54) is 0 Å². The number of likely N-dealkylation sites (N-methyl/N-ethyl adjacent to an activating group) is 1. The van der Waals surface area contributed by atoms with Gasteiger partial charge in [-0.2, -0.15) is 0 Å². The van der Waals surface area contributed by atoms with Crippen LogP contribution < -0.4 is 0 Å². The normalized spacial score (nSPS) is 15.8. The molecule has 0 spiro atoms. The zero-order chi connectivity index (χ0) is 19.7. The Kier molecular flexibility index (Phi) is 4.89. The first-order valence-electron chi connectivity index (χ1n) is 9.35. The number of rotatable bonds is 6. The van der Waals surface area contributed by atoms with E-state index >= 15 is 0 Å². The molecule has 1 fully saturated rings. The van der Waals surface area contributed by atoms with Crippen molar-refractivity contribution in [2.45, 2.75) is 31.2 Å². The largest absolute Gasteiger partial charge is 0.455 e. The van der Waals surface area contributed by atoms with Crippen LogP contribution >= 0.6 is 11.3 Å². The fraction of sp³-hybridized carbons (Fsp3) is 0.318. The van der Waals surface area contributed by atoms with Crippen LogP contribution in [0.2, 0.25) is 0 Å². The lowest BCUT2D eigenvalue weighted by atomic mass is 9.96. The van der Waals surface area contributed by atoms with Gasteiger partial charge in [0.2, 0.25) is 0 Å². The quantitative estimate of drug-likeness (QED) is 0.591. The molecule has 1 saturated carbocycles. The van der Waals surface area contributed by atoms with E-state index in [1.807, 2.05) is 61.5 Å². The summed E-state index contributed by atoms with van der Waals surface area (Å²) in [5.41, 5.74) is 1.32. The summed E-state index contributed by atoms with van der Waals surface area (Å²) in [6.07, 6.45) is 1.53. The minimum atomic E-state index is -0.571. The third-order valence-corrected chi connectivity index (χ3v) is 6.64. The van der Waals surface area contributed by atoms with Crippen LogP contribution in [0.4, 0.5) is 0 Å². The van der Waals surface area contributed by atoms with Crippen molar-refractivity contribution in [1.82, 2.24) is 9.88 Å². The number of benzene rings is 2. The molecule has 0 aliphatic heterocycles. The van der Waals surface area contributed by atoms with Gasteiger partial charge in [0.15, 0.2) is 6.61 Å². The van der Waals surface area contributed by atoms with Gasteiger partial charge in [0, 0.05) is 7.05 Å². The number of thiazole rings is 1. The van der Waals surface area contributed by atoms with E-state index in [9.17, 15) is 9.59 Å². The molecular formula is C22H22N2O3S. The third kappa shape index (κ3) is 3.40. The first kappa shape index (κ1) is 18.6. The summed E-state index contributed by atoms with van der Waals surface area (Å²) in [5.74, 6) is -0.544. The highest BCUT2D eigenvalue weighted by Crippen LogP contribution is 2.49. The second-order valence-electron chi connectivity index (χ2n) is 7.22. The zero-order valence-electron chi connectivity index (χ0n) is 15.9. The number of carbonyl (C=O) groups is 2. The molecule has 0 N–H and O–H groups in total. The molecule has 1 aromatic heterocycles. The van der Waals surface area contributed by atoms with Crippen LogP contribution in [-0.2, 0) is 19.7 Å². The lowest BCUT2D eigenvalue weighted by Gasteiger charge is -2.23. The Bertz CT molecular complexity index is 978. The highest BCUT2D eigenvalue weighted by Gasteiger charge is 2.52. The molecule has 0 radical (unpaired) electrons. The van der Waals surface area contributed by atoms with E-state index in [-0.39, 0.29) is 24.5 Å². The standard InChI is InChI=1S/C22H22N2O3S/c1-15(20-23-17-10-6-7-11-18(17)28-20)24(2)19(25)14-27-21(26)22(12-13-22)16-8-4-3-5-9-16/h3-11,15H,12-14H2,1-2H3/t15-/m1/s1. The molecule has 144 valence electrons. The fourth-order valence-electron chi connectivity index (χ4n) is 3.31. The van der Waals surface area contributed by atoms with Crippen molar-refractivity contribution in [1.29, 1.82) is 0 Å². The van der Waals surface area contributed by atoms with Crippen molar-refractivity contribution in [3.05, 3.63) is 65.2 Å². The van der Waals surface area contributed by atoms with E-state index in [1.54, 1.807) is 23.3 Å².